The highest BCUT2D eigenvalue weighted by molar-refractivity contribution is 7.99. The summed E-state index contributed by atoms with van der Waals surface area (Å²) in [5.41, 5.74) is 0. The Balaban J connectivity index is 2.43. The van der Waals surface area contributed by atoms with Gasteiger partial charge in [0.25, 0.3) is 0 Å². The van der Waals surface area contributed by atoms with Gasteiger partial charge in [-0.25, -0.2) is 0 Å². The summed E-state index contributed by atoms with van der Waals surface area (Å²) in [4.78, 5) is 22.0. The van der Waals surface area contributed by atoms with Crippen molar-refractivity contribution in [2.75, 3.05) is 12.0 Å². The highest BCUT2D eigenvalue weighted by atomic mass is 32.2. The lowest BCUT2D eigenvalue weighted by Crippen LogP contribution is -2.40. The SMILES string of the molecule is CSCC(=O)N[C@@H]1CCC[C@@H]1C(=O)O. The van der Waals surface area contributed by atoms with Crippen LogP contribution in [0.2, 0.25) is 0 Å². The molecule has 1 saturated carbocycles. The second-order valence-electron chi connectivity index (χ2n) is 3.48. The molecule has 5 heteroatoms. The minimum atomic E-state index is -0.794. The summed E-state index contributed by atoms with van der Waals surface area (Å²) in [5, 5.41) is 11.6. The number of amides is 1. The first kappa shape index (κ1) is 11.4. The van der Waals surface area contributed by atoms with Crippen LogP contribution in [0, 0.1) is 5.92 Å². The zero-order chi connectivity index (χ0) is 10.6. The lowest BCUT2D eigenvalue weighted by atomic mass is 10.0. The number of nitrogens with one attached hydrogen (secondary N) is 1. The van der Waals surface area contributed by atoms with Crippen molar-refractivity contribution in [2.45, 2.75) is 25.3 Å². The molecular weight excluding hydrogens is 202 g/mol. The van der Waals surface area contributed by atoms with Crippen molar-refractivity contribution in [1.29, 1.82) is 0 Å². The maximum Gasteiger partial charge on any atom is 0.308 e. The predicted molar refractivity (Wildman–Crippen MR) is 55.3 cm³/mol. The maximum atomic E-state index is 11.2. The molecule has 4 nitrogen and oxygen atoms in total. The Morgan fingerprint density at radius 1 is 1.50 bits per heavy atom. The molecule has 2 atom stereocenters. The number of carbonyl (C=O) groups excluding carboxylic acids is 1. The van der Waals surface area contributed by atoms with E-state index < -0.39 is 5.97 Å². The van der Waals surface area contributed by atoms with Gasteiger partial charge in [-0.15, -0.1) is 0 Å². The van der Waals surface area contributed by atoms with Gasteiger partial charge in [-0.05, 0) is 19.1 Å². The zero-order valence-electron chi connectivity index (χ0n) is 8.16. The molecule has 1 rings (SSSR count). The molecule has 1 amide bonds. The lowest BCUT2D eigenvalue weighted by Gasteiger charge is -2.16. The summed E-state index contributed by atoms with van der Waals surface area (Å²) in [5.74, 6) is -0.837. The van der Waals surface area contributed by atoms with E-state index in [0.717, 1.165) is 12.8 Å². The second kappa shape index (κ2) is 5.24. The van der Waals surface area contributed by atoms with E-state index in [4.69, 9.17) is 5.11 Å². The van der Waals surface area contributed by atoms with Crippen LogP contribution in [0.5, 0.6) is 0 Å². The molecule has 1 fully saturated rings. The first-order chi connectivity index (χ1) is 6.65. The molecule has 14 heavy (non-hydrogen) atoms. The van der Waals surface area contributed by atoms with Crippen LogP contribution >= 0.6 is 11.8 Å². The fourth-order valence-electron chi connectivity index (χ4n) is 1.81. The van der Waals surface area contributed by atoms with Crippen LogP contribution in [-0.4, -0.2) is 35.0 Å². The molecular formula is C9H15NO3S. The minimum Gasteiger partial charge on any atom is -0.481 e. The standard InChI is InChI=1S/C9H15NO3S/c1-14-5-8(11)10-7-4-2-3-6(7)9(12)13/h6-7H,2-5H2,1H3,(H,10,11)(H,12,13)/t6-,7+/m0/s1. The normalized spacial score (nSPS) is 26.1. The molecule has 1 aliphatic carbocycles. The molecule has 0 aromatic carbocycles. The highest BCUT2D eigenvalue weighted by Crippen LogP contribution is 2.25. The first-order valence-electron chi connectivity index (χ1n) is 4.66. The Morgan fingerprint density at radius 2 is 2.21 bits per heavy atom. The monoisotopic (exact) mass is 217 g/mol. The quantitative estimate of drug-likeness (QED) is 0.728. The third-order valence-corrected chi connectivity index (χ3v) is 3.01. The molecule has 0 aromatic rings. The van der Waals surface area contributed by atoms with Gasteiger partial charge >= 0.3 is 5.97 Å². The van der Waals surface area contributed by atoms with Crippen molar-refractivity contribution in [3.05, 3.63) is 0 Å². The topological polar surface area (TPSA) is 66.4 Å². The van der Waals surface area contributed by atoms with Crippen LogP contribution in [0.25, 0.3) is 0 Å². The third-order valence-electron chi connectivity index (χ3n) is 2.45. The van der Waals surface area contributed by atoms with Gasteiger partial charge in [0.05, 0.1) is 11.7 Å². The molecule has 0 bridgehead atoms. The third kappa shape index (κ3) is 2.90. The van der Waals surface area contributed by atoms with Crippen LogP contribution in [0.3, 0.4) is 0 Å². The van der Waals surface area contributed by atoms with Crippen LogP contribution in [-0.2, 0) is 9.59 Å². The van der Waals surface area contributed by atoms with Crippen molar-refractivity contribution in [1.82, 2.24) is 5.32 Å². The van der Waals surface area contributed by atoms with Gasteiger partial charge < -0.3 is 10.4 Å². The van der Waals surface area contributed by atoms with Gasteiger partial charge in [-0.3, -0.25) is 9.59 Å². The van der Waals surface area contributed by atoms with E-state index in [1.807, 2.05) is 6.26 Å². The van der Waals surface area contributed by atoms with E-state index in [9.17, 15) is 9.59 Å². The fraction of sp³-hybridized carbons (Fsp3) is 0.778. The fourth-order valence-corrected chi connectivity index (χ4v) is 2.15. The molecule has 0 aliphatic heterocycles. The Kier molecular flexibility index (Phi) is 4.25. The summed E-state index contributed by atoms with van der Waals surface area (Å²) >= 11 is 1.44. The number of carboxylic acid groups (broad SMARTS) is 1. The summed E-state index contributed by atoms with van der Waals surface area (Å²) in [6, 6.07) is -0.160. The van der Waals surface area contributed by atoms with Gasteiger partial charge in [0.15, 0.2) is 0 Å². The zero-order valence-corrected chi connectivity index (χ0v) is 8.97. The molecule has 2 N–H and O–H groups in total. The van der Waals surface area contributed by atoms with E-state index in [0.29, 0.717) is 12.2 Å². The predicted octanol–water partition coefficient (Wildman–Crippen LogP) is 0.719. The van der Waals surface area contributed by atoms with Crippen molar-refractivity contribution in [2.24, 2.45) is 5.92 Å². The number of rotatable bonds is 4. The van der Waals surface area contributed by atoms with Crippen LogP contribution < -0.4 is 5.32 Å². The molecule has 1 aliphatic rings. The Morgan fingerprint density at radius 3 is 2.79 bits per heavy atom. The van der Waals surface area contributed by atoms with Crippen molar-refractivity contribution < 1.29 is 14.7 Å². The number of carbonyl (C=O) groups is 2. The second-order valence-corrected chi connectivity index (χ2v) is 4.35. The highest BCUT2D eigenvalue weighted by Gasteiger charge is 2.33. The van der Waals surface area contributed by atoms with E-state index in [1.54, 1.807) is 0 Å². The van der Waals surface area contributed by atoms with Gasteiger partial charge in [0.2, 0.25) is 5.91 Å². The maximum absolute atomic E-state index is 11.2. The number of hydrogen-bond donors (Lipinski definition) is 2. The van der Waals surface area contributed by atoms with Gasteiger partial charge in [-0.1, -0.05) is 6.42 Å². The van der Waals surface area contributed by atoms with Gasteiger partial charge in [0.1, 0.15) is 0 Å². The Bertz CT molecular complexity index is 232. The molecule has 0 radical (unpaired) electrons. The van der Waals surface area contributed by atoms with Crippen LogP contribution in [0.15, 0.2) is 0 Å². The van der Waals surface area contributed by atoms with Crippen LogP contribution in [0.4, 0.5) is 0 Å². The molecule has 0 saturated heterocycles. The summed E-state index contributed by atoms with van der Waals surface area (Å²) in [6.45, 7) is 0. The summed E-state index contributed by atoms with van der Waals surface area (Å²) < 4.78 is 0. The number of carboxylic acids is 1. The largest absolute Gasteiger partial charge is 0.481 e. The van der Waals surface area contributed by atoms with Gasteiger partial charge in [-0.2, -0.15) is 11.8 Å². The van der Waals surface area contributed by atoms with Gasteiger partial charge in [0, 0.05) is 6.04 Å². The molecule has 0 aromatic heterocycles. The van der Waals surface area contributed by atoms with Crippen molar-refractivity contribution >= 4 is 23.6 Å². The molecule has 0 spiro atoms. The lowest BCUT2D eigenvalue weighted by molar-refractivity contribution is -0.142. The van der Waals surface area contributed by atoms with E-state index in [2.05, 4.69) is 5.32 Å². The van der Waals surface area contributed by atoms with Crippen molar-refractivity contribution in [3.8, 4) is 0 Å². The van der Waals surface area contributed by atoms with E-state index >= 15 is 0 Å². The summed E-state index contributed by atoms with van der Waals surface area (Å²) in [7, 11) is 0. The number of aliphatic carboxylic acids is 1. The minimum absolute atomic E-state index is 0.0596. The average molecular weight is 217 g/mol. The molecule has 80 valence electrons. The van der Waals surface area contributed by atoms with E-state index in [1.165, 1.54) is 11.8 Å². The first-order valence-corrected chi connectivity index (χ1v) is 6.05. The Labute approximate surface area is 87.4 Å². The number of hydrogen-bond acceptors (Lipinski definition) is 3. The molecule has 0 heterocycles. The smallest absolute Gasteiger partial charge is 0.308 e. The van der Waals surface area contributed by atoms with Crippen LogP contribution in [0.1, 0.15) is 19.3 Å². The molecule has 0 unspecified atom stereocenters. The number of thioether (sulfide) groups is 1. The van der Waals surface area contributed by atoms with Crippen molar-refractivity contribution in [3.63, 3.8) is 0 Å². The van der Waals surface area contributed by atoms with E-state index in [-0.39, 0.29) is 17.9 Å². The Hall–Kier alpha value is -0.710. The summed E-state index contributed by atoms with van der Waals surface area (Å²) in [6.07, 6.45) is 4.21. The average Bonchev–Trinajstić information content (AvgIpc) is 2.52.